The van der Waals surface area contributed by atoms with E-state index in [1.165, 1.54) is 11.9 Å². The Kier molecular flexibility index (Phi) is 11.0. The summed E-state index contributed by atoms with van der Waals surface area (Å²) in [5.74, 6) is -0.986. The van der Waals surface area contributed by atoms with E-state index in [9.17, 15) is 9.59 Å². The van der Waals surface area contributed by atoms with E-state index in [1.807, 2.05) is 6.92 Å². The molecule has 1 aromatic rings. The molecular formula is C16H26BN3O5S. The molecule has 26 heavy (non-hydrogen) atoms. The molecule has 0 radical (unpaired) electrons. The maximum absolute atomic E-state index is 11.7. The van der Waals surface area contributed by atoms with Crippen molar-refractivity contribution in [3.63, 3.8) is 0 Å². The molecule has 1 amide bonds. The molecule has 0 fully saturated rings. The average Bonchev–Trinajstić information content (AvgIpc) is 2.60. The third-order valence-corrected chi connectivity index (χ3v) is 4.39. The molecule has 0 aliphatic carbocycles. The molecule has 0 aliphatic heterocycles. The highest BCUT2D eigenvalue weighted by Gasteiger charge is 2.14. The molecule has 144 valence electrons. The summed E-state index contributed by atoms with van der Waals surface area (Å²) >= 11 is 1.28. The summed E-state index contributed by atoms with van der Waals surface area (Å²) in [4.78, 5) is 23.6. The second-order valence-corrected chi connectivity index (χ2v) is 6.62. The van der Waals surface area contributed by atoms with E-state index < -0.39 is 19.1 Å². The van der Waals surface area contributed by atoms with Gasteiger partial charge in [-0.05, 0) is 55.4 Å². The largest absolute Gasteiger partial charge is 0.488 e. The predicted octanol–water partition coefficient (Wildman–Crippen LogP) is -0.688. The number of amides is 1. The van der Waals surface area contributed by atoms with Gasteiger partial charge in [0.2, 0.25) is 5.91 Å². The second-order valence-electron chi connectivity index (χ2n) is 5.66. The molecule has 0 unspecified atom stereocenters. The van der Waals surface area contributed by atoms with E-state index in [0.29, 0.717) is 25.0 Å². The summed E-state index contributed by atoms with van der Waals surface area (Å²) in [6.45, 7) is 3.13. The van der Waals surface area contributed by atoms with Crippen LogP contribution in [0.1, 0.15) is 26.2 Å². The van der Waals surface area contributed by atoms with Crippen LogP contribution in [0.4, 0.5) is 0 Å². The molecule has 0 aliphatic rings. The highest BCUT2D eigenvalue weighted by atomic mass is 32.2. The number of carbonyl (C=O) groups excluding carboxylic acids is 1. The van der Waals surface area contributed by atoms with Gasteiger partial charge < -0.3 is 25.8 Å². The molecule has 6 N–H and O–H groups in total. The van der Waals surface area contributed by atoms with E-state index in [1.54, 1.807) is 24.3 Å². The number of nitrogens with one attached hydrogen (secondary N) is 3. The summed E-state index contributed by atoms with van der Waals surface area (Å²) in [6, 6.07) is 6.13. The molecule has 0 aromatic heterocycles. The Morgan fingerprint density at radius 2 is 1.88 bits per heavy atom. The number of carbonyl (C=O) groups is 2. The zero-order valence-corrected chi connectivity index (χ0v) is 15.6. The van der Waals surface area contributed by atoms with Crippen LogP contribution in [-0.2, 0) is 9.59 Å². The maximum atomic E-state index is 11.7. The van der Waals surface area contributed by atoms with Gasteiger partial charge in [0.1, 0.15) is 6.04 Å². The van der Waals surface area contributed by atoms with Gasteiger partial charge >= 0.3 is 13.1 Å². The Morgan fingerprint density at radius 3 is 2.46 bits per heavy atom. The van der Waals surface area contributed by atoms with Gasteiger partial charge in [0.15, 0.2) is 0 Å². The molecule has 1 aromatic carbocycles. The van der Waals surface area contributed by atoms with Crippen molar-refractivity contribution < 1.29 is 24.7 Å². The lowest BCUT2D eigenvalue weighted by molar-refractivity contribution is -0.139. The van der Waals surface area contributed by atoms with Crippen LogP contribution < -0.4 is 20.8 Å². The molecule has 1 rings (SSSR count). The molecule has 0 bridgehead atoms. The second kappa shape index (κ2) is 12.7. The van der Waals surface area contributed by atoms with Crippen LogP contribution in [0.25, 0.3) is 0 Å². The van der Waals surface area contributed by atoms with Gasteiger partial charge in [-0.3, -0.25) is 14.3 Å². The Morgan fingerprint density at radius 1 is 1.19 bits per heavy atom. The number of rotatable bonds is 13. The van der Waals surface area contributed by atoms with Crippen molar-refractivity contribution >= 4 is 36.4 Å². The molecule has 0 saturated heterocycles. The maximum Gasteiger partial charge on any atom is 0.488 e. The third kappa shape index (κ3) is 9.21. The first-order chi connectivity index (χ1) is 12.4. The standard InChI is InChI=1S/C16H26BN3O5S/c1-2-18-14(16(22)23)5-3-4-10-19-15(21)11-20-26-13-8-6-12(7-9-13)17(24)25/h6-9,14,18,20,24-25H,2-5,10-11H2,1H3,(H,19,21)(H,22,23)/t14-/m0/s1. The lowest BCUT2D eigenvalue weighted by Crippen LogP contribution is -2.36. The minimum atomic E-state index is -1.49. The topological polar surface area (TPSA) is 131 Å². The number of carboxylic acids is 1. The molecule has 0 spiro atoms. The highest BCUT2D eigenvalue weighted by Crippen LogP contribution is 2.11. The van der Waals surface area contributed by atoms with Gasteiger partial charge in [0.05, 0.1) is 6.54 Å². The summed E-state index contributed by atoms with van der Waals surface area (Å²) in [5.41, 5.74) is 0.409. The van der Waals surface area contributed by atoms with Crippen molar-refractivity contribution in [3.05, 3.63) is 24.3 Å². The van der Waals surface area contributed by atoms with Crippen molar-refractivity contribution in [1.29, 1.82) is 0 Å². The highest BCUT2D eigenvalue weighted by molar-refractivity contribution is 7.97. The van der Waals surface area contributed by atoms with Gasteiger partial charge in [0.25, 0.3) is 0 Å². The molecular weight excluding hydrogens is 357 g/mol. The zero-order valence-electron chi connectivity index (χ0n) is 14.8. The number of benzene rings is 1. The van der Waals surface area contributed by atoms with Gasteiger partial charge in [0, 0.05) is 11.4 Å². The average molecular weight is 383 g/mol. The molecule has 0 saturated carbocycles. The summed E-state index contributed by atoms with van der Waals surface area (Å²) in [6.07, 6.45) is 1.97. The van der Waals surface area contributed by atoms with E-state index in [-0.39, 0.29) is 12.5 Å². The first kappa shape index (κ1) is 22.5. The molecule has 10 heteroatoms. The minimum absolute atomic E-state index is 0.138. The molecule has 8 nitrogen and oxygen atoms in total. The summed E-state index contributed by atoms with van der Waals surface area (Å²) in [7, 11) is -1.49. The number of unbranched alkanes of at least 4 members (excludes halogenated alkanes) is 1. The van der Waals surface area contributed by atoms with Crippen molar-refractivity contribution in [2.75, 3.05) is 19.6 Å². The van der Waals surface area contributed by atoms with Gasteiger partial charge in [-0.2, -0.15) is 0 Å². The van der Waals surface area contributed by atoms with Gasteiger partial charge in [-0.15, -0.1) is 0 Å². The van der Waals surface area contributed by atoms with Crippen molar-refractivity contribution in [3.8, 4) is 0 Å². The van der Waals surface area contributed by atoms with E-state index in [0.717, 1.165) is 17.7 Å². The number of likely N-dealkylation sites (N-methyl/N-ethyl adjacent to an activating group) is 1. The van der Waals surface area contributed by atoms with Crippen LogP contribution in [0.15, 0.2) is 29.2 Å². The first-order valence-electron chi connectivity index (χ1n) is 8.52. The van der Waals surface area contributed by atoms with E-state index in [4.69, 9.17) is 15.2 Å². The van der Waals surface area contributed by atoms with Crippen LogP contribution in [0, 0.1) is 0 Å². The Hall–Kier alpha value is -1.59. The Labute approximate surface area is 158 Å². The fourth-order valence-electron chi connectivity index (χ4n) is 2.22. The Balaban J connectivity index is 2.12. The third-order valence-electron chi connectivity index (χ3n) is 3.59. The van der Waals surface area contributed by atoms with Crippen LogP contribution in [0.2, 0.25) is 0 Å². The number of hydrogen-bond donors (Lipinski definition) is 6. The zero-order chi connectivity index (χ0) is 19.4. The first-order valence-corrected chi connectivity index (χ1v) is 9.34. The van der Waals surface area contributed by atoms with E-state index in [2.05, 4.69) is 15.4 Å². The predicted molar refractivity (Wildman–Crippen MR) is 102 cm³/mol. The lowest BCUT2D eigenvalue weighted by Gasteiger charge is -2.12. The monoisotopic (exact) mass is 383 g/mol. The van der Waals surface area contributed by atoms with Crippen molar-refractivity contribution in [1.82, 2.24) is 15.4 Å². The van der Waals surface area contributed by atoms with Crippen LogP contribution in [0.3, 0.4) is 0 Å². The Bertz CT molecular complexity index is 559. The number of aliphatic carboxylic acids is 1. The van der Waals surface area contributed by atoms with Crippen LogP contribution >= 0.6 is 11.9 Å². The van der Waals surface area contributed by atoms with E-state index >= 15 is 0 Å². The molecule has 0 heterocycles. The fraction of sp³-hybridized carbons (Fsp3) is 0.500. The summed E-state index contributed by atoms with van der Waals surface area (Å²) < 4.78 is 2.93. The molecule has 1 atom stereocenters. The van der Waals surface area contributed by atoms with Gasteiger partial charge in [-0.25, -0.2) is 0 Å². The summed E-state index contributed by atoms with van der Waals surface area (Å²) in [5, 5.41) is 32.7. The van der Waals surface area contributed by atoms with Crippen LogP contribution in [-0.4, -0.2) is 59.8 Å². The van der Waals surface area contributed by atoms with Gasteiger partial charge in [-0.1, -0.05) is 19.1 Å². The number of hydrogen-bond acceptors (Lipinski definition) is 7. The minimum Gasteiger partial charge on any atom is -0.480 e. The smallest absolute Gasteiger partial charge is 0.480 e. The quantitative estimate of drug-likeness (QED) is 0.150. The van der Waals surface area contributed by atoms with Crippen molar-refractivity contribution in [2.24, 2.45) is 0 Å². The number of carboxylic acid groups (broad SMARTS) is 1. The lowest BCUT2D eigenvalue weighted by atomic mass is 9.81. The normalized spacial score (nSPS) is 11.8. The van der Waals surface area contributed by atoms with Crippen molar-refractivity contribution in [2.45, 2.75) is 37.1 Å². The SMILES string of the molecule is CCN[C@@H](CCCCNC(=O)CNSc1ccc(B(O)O)cc1)C(=O)O. The van der Waals surface area contributed by atoms with Crippen LogP contribution in [0.5, 0.6) is 0 Å². The fourth-order valence-corrected chi connectivity index (χ4v) is 2.86.